The van der Waals surface area contributed by atoms with Crippen LogP contribution in [0.3, 0.4) is 0 Å². The number of piperidine rings is 1. The van der Waals surface area contributed by atoms with Crippen molar-refractivity contribution < 1.29 is 13.5 Å². The van der Waals surface area contributed by atoms with E-state index in [2.05, 4.69) is 5.32 Å². The Hall–Kier alpha value is -0.220. The van der Waals surface area contributed by atoms with E-state index < -0.39 is 11.8 Å². The molecule has 1 saturated carbocycles. The largest absolute Gasteiger partial charge is 0.379 e. The Bertz CT molecular complexity index is 193. The van der Waals surface area contributed by atoms with Gasteiger partial charge in [-0.25, -0.2) is 8.78 Å². The number of halogens is 2. The summed E-state index contributed by atoms with van der Waals surface area (Å²) in [7, 11) is 0. The molecule has 0 amide bonds. The zero-order chi connectivity index (χ0) is 10.0. The van der Waals surface area contributed by atoms with Crippen LogP contribution in [0.4, 0.5) is 8.78 Å². The van der Waals surface area contributed by atoms with Crippen molar-refractivity contribution in [2.75, 3.05) is 19.8 Å². The molecule has 1 heterocycles. The summed E-state index contributed by atoms with van der Waals surface area (Å²) in [6, 6.07) is 0.385. The van der Waals surface area contributed by atoms with Crippen molar-refractivity contribution in [3.05, 3.63) is 0 Å². The standard InChI is InChI=1S/C10H17F2NO/c11-10(12)5-8(10)6-14-7-9-3-1-2-4-13-9/h8-9,13H,1-7H2. The number of ether oxygens (including phenoxy) is 1. The van der Waals surface area contributed by atoms with Crippen molar-refractivity contribution in [3.63, 3.8) is 0 Å². The van der Waals surface area contributed by atoms with Gasteiger partial charge >= 0.3 is 0 Å². The molecule has 2 nitrogen and oxygen atoms in total. The molecule has 2 rings (SSSR count). The molecule has 1 saturated heterocycles. The molecule has 2 fully saturated rings. The zero-order valence-electron chi connectivity index (χ0n) is 8.27. The topological polar surface area (TPSA) is 21.3 Å². The molecule has 0 radical (unpaired) electrons. The predicted molar refractivity (Wildman–Crippen MR) is 49.5 cm³/mol. The third-order valence-electron chi connectivity index (χ3n) is 3.01. The van der Waals surface area contributed by atoms with Gasteiger partial charge in [0.25, 0.3) is 5.92 Å². The summed E-state index contributed by atoms with van der Waals surface area (Å²) in [5.74, 6) is -2.94. The van der Waals surface area contributed by atoms with Gasteiger partial charge in [0, 0.05) is 12.5 Å². The summed E-state index contributed by atoms with van der Waals surface area (Å²) in [5.41, 5.74) is 0. The van der Waals surface area contributed by atoms with Crippen LogP contribution >= 0.6 is 0 Å². The van der Waals surface area contributed by atoms with Crippen molar-refractivity contribution in [3.8, 4) is 0 Å². The molecule has 0 bridgehead atoms. The monoisotopic (exact) mass is 205 g/mol. The van der Waals surface area contributed by atoms with E-state index in [1.54, 1.807) is 0 Å². The number of hydrogen-bond donors (Lipinski definition) is 1. The first-order valence-corrected chi connectivity index (χ1v) is 5.37. The highest BCUT2D eigenvalue weighted by molar-refractivity contribution is 4.94. The Morgan fingerprint density at radius 1 is 1.29 bits per heavy atom. The lowest BCUT2D eigenvalue weighted by Crippen LogP contribution is -2.37. The molecule has 2 unspecified atom stereocenters. The summed E-state index contributed by atoms with van der Waals surface area (Å²) in [6.07, 6.45) is 3.57. The van der Waals surface area contributed by atoms with Gasteiger partial charge in [0.15, 0.2) is 0 Å². The fourth-order valence-electron chi connectivity index (χ4n) is 1.87. The lowest BCUT2D eigenvalue weighted by atomic mass is 10.1. The fourth-order valence-corrected chi connectivity index (χ4v) is 1.87. The van der Waals surface area contributed by atoms with Crippen LogP contribution in [-0.2, 0) is 4.74 Å². The smallest absolute Gasteiger partial charge is 0.253 e. The first-order chi connectivity index (χ1) is 6.68. The van der Waals surface area contributed by atoms with Gasteiger partial charge < -0.3 is 10.1 Å². The molecular formula is C10H17F2NO. The van der Waals surface area contributed by atoms with Gasteiger partial charge in [-0.15, -0.1) is 0 Å². The zero-order valence-corrected chi connectivity index (χ0v) is 8.27. The van der Waals surface area contributed by atoms with Crippen LogP contribution in [0.15, 0.2) is 0 Å². The average Bonchev–Trinajstić information content (AvgIpc) is 2.76. The van der Waals surface area contributed by atoms with Gasteiger partial charge in [-0.1, -0.05) is 6.42 Å². The third-order valence-corrected chi connectivity index (χ3v) is 3.01. The molecule has 82 valence electrons. The van der Waals surface area contributed by atoms with E-state index in [1.807, 2.05) is 0 Å². The molecule has 0 aromatic heterocycles. The van der Waals surface area contributed by atoms with Gasteiger partial charge in [0.05, 0.1) is 19.1 Å². The van der Waals surface area contributed by atoms with E-state index in [0.717, 1.165) is 13.0 Å². The van der Waals surface area contributed by atoms with Crippen LogP contribution in [0, 0.1) is 5.92 Å². The van der Waals surface area contributed by atoms with E-state index in [1.165, 1.54) is 12.8 Å². The van der Waals surface area contributed by atoms with E-state index in [0.29, 0.717) is 12.6 Å². The number of hydrogen-bond acceptors (Lipinski definition) is 2. The van der Waals surface area contributed by atoms with Crippen LogP contribution < -0.4 is 5.32 Å². The molecule has 0 aromatic rings. The SMILES string of the molecule is FC1(F)CC1COCC1CCCCN1. The lowest BCUT2D eigenvalue weighted by Gasteiger charge is -2.23. The molecule has 0 aromatic carbocycles. The first kappa shape index (κ1) is 10.3. The Balaban J connectivity index is 1.54. The van der Waals surface area contributed by atoms with Crippen molar-refractivity contribution in [2.45, 2.75) is 37.6 Å². The van der Waals surface area contributed by atoms with Crippen molar-refractivity contribution in [2.24, 2.45) is 5.92 Å². The molecule has 4 heteroatoms. The number of alkyl halides is 2. The average molecular weight is 205 g/mol. The van der Waals surface area contributed by atoms with E-state index in [4.69, 9.17) is 4.74 Å². The summed E-state index contributed by atoms with van der Waals surface area (Å²) in [5, 5.41) is 3.32. The van der Waals surface area contributed by atoms with Crippen LogP contribution in [0.5, 0.6) is 0 Å². The molecule has 0 spiro atoms. The summed E-state index contributed by atoms with van der Waals surface area (Å²) < 4.78 is 30.2. The molecule has 1 aliphatic heterocycles. The second-order valence-corrected chi connectivity index (χ2v) is 4.35. The van der Waals surface area contributed by atoms with Gasteiger partial charge in [-0.3, -0.25) is 0 Å². The van der Waals surface area contributed by atoms with E-state index in [9.17, 15) is 8.78 Å². The fraction of sp³-hybridized carbons (Fsp3) is 1.00. The highest BCUT2D eigenvalue weighted by Crippen LogP contribution is 2.48. The van der Waals surface area contributed by atoms with Crippen LogP contribution in [0.2, 0.25) is 0 Å². The predicted octanol–water partition coefficient (Wildman–Crippen LogP) is 1.80. The quantitative estimate of drug-likeness (QED) is 0.755. The highest BCUT2D eigenvalue weighted by atomic mass is 19.3. The Morgan fingerprint density at radius 3 is 2.64 bits per heavy atom. The Kier molecular flexibility index (Phi) is 3.02. The van der Waals surface area contributed by atoms with E-state index >= 15 is 0 Å². The second-order valence-electron chi connectivity index (χ2n) is 4.35. The van der Waals surface area contributed by atoms with Crippen LogP contribution in [0.1, 0.15) is 25.7 Å². The number of rotatable bonds is 4. The molecular weight excluding hydrogens is 188 g/mol. The first-order valence-electron chi connectivity index (χ1n) is 5.37. The van der Waals surface area contributed by atoms with Gasteiger partial charge in [0.2, 0.25) is 0 Å². The highest BCUT2D eigenvalue weighted by Gasteiger charge is 2.56. The summed E-state index contributed by atoms with van der Waals surface area (Å²) >= 11 is 0. The minimum absolute atomic E-state index is 0.0189. The minimum atomic E-state index is -2.43. The molecule has 1 N–H and O–H groups in total. The second kappa shape index (κ2) is 4.11. The normalized spacial score (nSPS) is 35.6. The van der Waals surface area contributed by atoms with E-state index in [-0.39, 0.29) is 13.0 Å². The maximum atomic E-state index is 12.5. The van der Waals surface area contributed by atoms with Crippen molar-refractivity contribution in [1.29, 1.82) is 0 Å². The maximum absolute atomic E-state index is 12.5. The molecule has 1 aliphatic carbocycles. The van der Waals surface area contributed by atoms with Crippen LogP contribution in [-0.4, -0.2) is 31.7 Å². The Labute approximate surface area is 83.0 Å². The van der Waals surface area contributed by atoms with Gasteiger partial charge in [0.1, 0.15) is 0 Å². The van der Waals surface area contributed by atoms with Crippen molar-refractivity contribution >= 4 is 0 Å². The van der Waals surface area contributed by atoms with Crippen molar-refractivity contribution in [1.82, 2.24) is 5.32 Å². The lowest BCUT2D eigenvalue weighted by molar-refractivity contribution is 0.0449. The summed E-state index contributed by atoms with van der Waals surface area (Å²) in [4.78, 5) is 0. The van der Waals surface area contributed by atoms with Gasteiger partial charge in [-0.05, 0) is 19.4 Å². The van der Waals surface area contributed by atoms with Crippen LogP contribution in [0.25, 0.3) is 0 Å². The van der Waals surface area contributed by atoms with Gasteiger partial charge in [-0.2, -0.15) is 0 Å². The number of nitrogens with one attached hydrogen (secondary N) is 1. The Morgan fingerprint density at radius 2 is 2.07 bits per heavy atom. The molecule has 2 atom stereocenters. The molecule has 14 heavy (non-hydrogen) atoms. The summed E-state index contributed by atoms with van der Waals surface area (Å²) in [6.45, 7) is 1.85. The third kappa shape index (κ3) is 2.64. The maximum Gasteiger partial charge on any atom is 0.253 e. The molecule has 2 aliphatic rings. The minimum Gasteiger partial charge on any atom is -0.379 e.